The van der Waals surface area contributed by atoms with Crippen LogP contribution in [0, 0.1) is 5.92 Å². The van der Waals surface area contributed by atoms with Crippen LogP contribution in [0.5, 0.6) is 0 Å². The fourth-order valence-corrected chi connectivity index (χ4v) is 3.73. The minimum atomic E-state index is -0.880. The molecule has 0 heterocycles. The first-order chi connectivity index (χ1) is 9.11. The number of benzene rings is 1. The zero-order valence-corrected chi connectivity index (χ0v) is 13.0. The van der Waals surface area contributed by atoms with E-state index >= 15 is 0 Å². The minimum Gasteiger partial charge on any atom is -0.313 e. The summed E-state index contributed by atoms with van der Waals surface area (Å²) in [6.45, 7) is 7.45. The maximum atomic E-state index is 12.4. The van der Waals surface area contributed by atoms with Crippen LogP contribution < -0.4 is 5.32 Å². The van der Waals surface area contributed by atoms with Gasteiger partial charge in [0, 0.05) is 16.7 Å². The average molecular weight is 279 g/mol. The molecule has 1 aromatic carbocycles. The van der Waals surface area contributed by atoms with Crippen molar-refractivity contribution in [3.8, 4) is 0 Å². The third kappa shape index (κ3) is 4.15. The van der Waals surface area contributed by atoms with Crippen LogP contribution in [0.25, 0.3) is 0 Å². The maximum absolute atomic E-state index is 12.4. The molecule has 0 spiro atoms. The lowest BCUT2D eigenvalue weighted by Crippen LogP contribution is -2.35. The normalized spacial score (nSPS) is 18.5. The summed E-state index contributed by atoms with van der Waals surface area (Å²) in [5.41, 5.74) is 1.31. The molecule has 1 saturated carbocycles. The summed E-state index contributed by atoms with van der Waals surface area (Å²) < 4.78 is 12.4. The van der Waals surface area contributed by atoms with Crippen molar-refractivity contribution in [3.63, 3.8) is 0 Å². The van der Waals surface area contributed by atoms with Gasteiger partial charge in [-0.1, -0.05) is 32.9 Å². The third-order valence-electron chi connectivity index (χ3n) is 3.80. The van der Waals surface area contributed by atoms with Gasteiger partial charge in [0.05, 0.1) is 10.8 Å². The van der Waals surface area contributed by atoms with Crippen LogP contribution in [0.3, 0.4) is 0 Å². The molecule has 3 heteroatoms. The summed E-state index contributed by atoms with van der Waals surface area (Å²) in [7, 11) is -0.880. The van der Waals surface area contributed by atoms with Crippen LogP contribution in [-0.4, -0.2) is 22.5 Å². The fraction of sp³-hybridized carbons (Fsp3) is 0.625. The third-order valence-corrected chi connectivity index (χ3v) is 5.26. The number of hydrogen-bond donors (Lipinski definition) is 1. The number of nitrogens with one attached hydrogen (secondary N) is 1. The van der Waals surface area contributed by atoms with E-state index in [0.717, 1.165) is 23.1 Å². The Hall–Kier alpha value is -0.670. The van der Waals surface area contributed by atoms with E-state index < -0.39 is 10.8 Å². The van der Waals surface area contributed by atoms with Crippen molar-refractivity contribution in [3.05, 3.63) is 29.8 Å². The molecule has 1 aliphatic carbocycles. The molecule has 2 nitrogen and oxygen atoms in total. The molecule has 0 aromatic heterocycles. The second kappa shape index (κ2) is 6.67. The van der Waals surface area contributed by atoms with Crippen LogP contribution in [0.1, 0.15) is 45.1 Å². The van der Waals surface area contributed by atoms with Crippen LogP contribution in [-0.2, 0) is 10.8 Å². The van der Waals surface area contributed by atoms with Crippen molar-refractivity contribution in [1.82, 2.24) is 5.32 Å². The lowest BCUT2D eigenvalue weighted by molar-refractivity contribution is 0.514. The lowest BCUT2D eigenvalue weighted by Gasteiger charge is -2.16. The Kier molecular flexibility index (Phi) is 5.17. The molecule has 0 radical (unpaired) electrons. The van der Waals surface area contributed by atoms with Gasteiger partial charge < -0.3 is 5.32 Å². The minimum absolute atomic E-state index is 0.426. The van der Waals surface area contributed by atoms with E-state index in [-0.39, 0.29) is 0 Å². The van der Waals surface area contributed by atoms with Crippen LogP contribution >= 0.6 is 0 Å². The van der Waals surface area contributed by atoms with E-state index in [1.807, 2.05) is 12.1 Å². The Labute approximate surface area is 119 Å². The van der Waals surface area contributed by atoms with Gasteiger partial charge in [-0.2, -0.15) is 0 Å². The van der Waals surface area contributed by atoms with Gasteiger partial charge in [-0.25, -0.2) is 0 Å². The Bertz CT molecular complexity index is 423. The molecule has 2 rings (SSSR count). The molecule has 1 N–H and O–H groups in total. The predicted molar refractivity (Wildman–Crippen MR) is 82.0 cm³/mol. The van der Waals surface area contributed by atoms with Crippen molar-refractivity contribution in [2.45, 2.75) is 50.5 Å². The Morgan fingerprint density at radius 1 is 1.26 bits per heavy atom. The van der Waals surface area contributed by atoms with Crippen molar-refractivity contribution >= 4 is 10.8 Å². The van der Waals surface area contributed by atoms with Gasteiger partial charge >= 0.3 is 0 Å². The molecule has 0 bridgehead atoms. The summed E-state index contributed by atoms with van der Waals surface area (Å²) in [6.07, 6.45) is 2.59. The first-order valence-electron chi connectivity index (χ1n) is 7.33. The van der Waals surface area contributed by atoms with Crippen molar-refractivity contribution in [1.29, 1.82) is 0 Å². The molecule has 1 aromatic rings. The molecule has 19 heavy (non-hydrogen) atoms. The van der Waals surface area contributed by atoms with E-state index in [0.29, 0.717) is 12.0 Å². The zero-order valence-electron chi connectivity index (χ0n) is 12.2. The summed E-state index contributed by atoms with van der Waals surface area (Å²) in [4.78, 5) is 0.966. The Morgan fingerprint density at radius 2 is 1.89 bits per heavy atom. The average Bonchev–Trinajstić information content (AvgIpc) is 3.22. The first kappa shape index (κ1) is 14.7. The summed E-state index contributed by atoms with van der Waals surface area (Å²) >= 11 is 0. The summed E-state index contributed by atoms with van der Waals surface area (Å²) in [6, 6.07) is 8.70. The molecular formula is C16H25NOS. The standard InChI is InChI=1S/C16H25NOS/c1-4-17-16(14-5-6-14)11-19(18)15-9-7-13(8-10-15)12(2)3/h7-10,12,14,16-17H,4-6,11H2,1-3H3. The molecular weight excluding hydrogens is 254 g/mol. The van der Waals surface area contributed by atoms with E-state index in [9.17, 15) is 4.21 Å². The van der Waals surface area contributed by atoms with Crippen LogP contribution in [0.4, 0.5) is 0 Å². The van der Waals surface area contributed by atoms with E-state index in [1.165, 1.54) is 18.4 Å². The Balaban J connectivity index is 1.98. The van der Waals surface area contributed by atoms with Crippen molar-refractivity contribution in [2.24, 2.45) is 5.92 Å². The van der Waals surface area contributed by atoms with Gasteiger partial charge in [0.2, 0.25) is 0 Å². The van der Waals surface area contributed by atoms with Crippen LogP contribution in [0.2, 0.25) is 0 Å². The van der Waals surface area contributed by atoms with E-state index in [1.54, 1.807) is 0 Å². The highest BCUT2D eigenvalue weighted by Crippen LogP contribution is 2.33. The van der Waals surface area contributed by atoms with E-state index in [2.05, 4.69) is 38.2 Å². The van der Waals surface area contributed by atoms with E-state index in [4.69, 9.17) is 0 Å². The molecule has 106 valence electrons. The number of hydrogen-bond acceptors (Lipinski definition) is 2. The van der Waals surface area contributed by atoms with Crippen molar-refractivity contribution < 1.29 is 4.21 Å². The van der Waals surface area contributed by atoms with Gasteiger partial charge in [0.1, 0.15) is 0 Å². The number of rotatable bonds is 7. The summed E-state index contributed by atoms with van der Waals surface area (Å²) in [5, 5.41) is 3.48. The SMILES string of the molecule is CCNC(CS(=O)c1ccc(C(C)C)cc1)C1CC1. The molecule has 0 saturated heterocycles. The second-order valence-electron chi connectivity index (χ2n) is 5.74. The first-order valence-corrected chi connectivity index (χ1v) is 8.65. The fourth-order valence-electron chi connectivity index (χ4n) is 2.39. The summed E-state index contributed by atoms with van der Waals surface area (Å²) in [5.74, 6) is 2.03. The van der Waals surface area contributed by atoms with Gasteiger partial charge in [-0.15, -0.1) is 0 Å². The largest absolute Gasteiger partial charge is 0.313 e. The van der Waals surface area contributed by atoms with Gasteiger partial charge in [0.15, 0.2) is 0 Å². The van der Waals surface area contributed by atoms with Gasteiger partial charge in [-0.3, -0.25) is 4.21 Å². The monoisotopic (exact) mass is 279 g/mol. The zero-order chi connectivity index (χ0) is 13.8. The second-order valence-corrected chi connectivity index (χ2v) is 7.23. The van der Waals surface area contributed by atoms with Gasteiger partial charge in [0.25, 0.3) is 0 Å². The Morgan fingerprint density at radius 3 is 2.37 bits per heavy atom. The van der Waals surface area contributed by atoms with Crippen LogP contribution in [0.15, 0.2) is 29.2 Å². The smallest absolute Gasteiger partial charge is 0.0545 e. The lowest BCUT2D eigenvalue weighted by atomic mass is 10.0. The highest BCUT2D eigenvalue weighted by Gasteiger charge is 2.31. The quantitative estimate of drug-likeness (QED) is 0.829. The molecule has 2 unspecified atom stereocenters. The molecule has 0 amide bonds. The topological polar surface area (TPSA) is 29.1 Å². The highest BCUT2D eigenvalue weighted by atomic mass is 32.2. The van der Waals surface area contributed by atoms with Gasteiger partial charge in [-0.05, 0) is 48.9 Å². The highest BCUT2D eigenvalue weighted by molar-refractivity contribution is 7.85. The molecule has 1 fully saturated rings. The maximum Gasteiger partial charge on any atom is 0.0545 e. The predicted octanol–water partition coefficient (Wildman–Crippen LogP) is 3.31. The van der Waals surface area contributed by atoms with Crippen molar-refractivity contribution in [2.75, 3.05) is 12.3 Å². The molecule has 2 atom stereocenters. The molecule has 1 aliphatic rings. The molecule has 0 aliphatic heterocycles.